The van der Waals surface area contributed by atoms with Crippen molar-refractivity contribution in [3.63, 3.8) is 0 Å². The highest BCUT2D eigenvalue weighted by Gasteiger charge is 2.19. The zero-order chi connectivity index (χ0) is 23.0. The third kappa shape index (κ3) is 7.82. The monoisotopic (exact) mass is 429 g/mol. The minimum Gasteiger partial charge on any atom is -0.490 e. The van der Waals surface area contributed by atoms with Crippen LogP contribution in [0.1, 0.15) is 44.9 Å². The van der Waals surface area contributed by atoms with E-state index in [0.717, 1.165) is 11.3 Å². The largest absolute Gasteiger partial charge is 0.490 e. The van der Waals surface area contributed by atoms with Gasteiger partial charge in [0.2, 0.25) is 0 Å². The van der Waals surface area contributed by atoms with E-state index in [1.54, 1.807) is 32.0 Å². The van der Waals surface area contributed by atoms with E-state index in [4.69, 9.17) is 25.4 Å². The van der Waals surface area contributed by atoms with E-state index in [1.165, 1.54) is 6.92 Å². The molecule has 0 amide bonds. The number of hydrogen-bond donors (Lipinski definition) is 4. The zero-order valence-corrected chi connectivity index (χ0v) is 18.4. The zero-order valence-electron chi connectivity index (χ0n) is 18.4. The lowest BCUT2D eigenvalue weighted by atomic mass is 10.1. The molecule has 0 aromatic heterocycles. The van der Waals surface area contributed by atoms with Gasteiger partial charge in [-0.25, -0.2) is 0 Å². The predicted octanol–water partition coefficient (Wildman–Crippen LogP) is 3.24. The van der Waals surface area contributed by atoms with Crippen molar-refractivity contribution in [1.29, 1.82) is 5.41 Å². The van der Waals surface area contributed by atoms with Gasteiger partial charge in [0.05, 0.1) is 18.2 Å². The van der Waals surface area contributed by atoms with E-state index in [0.29, 0.717) is 23.7 Å². The molecule has 1 atom stereocenters. The number of rotatable bonds is 11. The van der Waals surface area contributed by atoms with E-state index in [-0.39, 0.29) is 31.1 Å². The fourth-order valence-electron chi connectivity index (χ4n) is 2.75. The molecular formula is C23H31N3O5. The van der Waals surface area contributed by atoms with E-state index >= 15 is 0 Å². The molecule has 2 aromatic carbocycles. The Hall–Kier alpha value is -3.26. The molecule has 0 fully saturated rings. The van der Waals surface area contributed by atoms with Crippen LogP contribution in [-0.2, 0) is 9.53 Å². The first-order valence-corrected chi connectivity index (χ1v) is 10.1. The molecule has 0 spiro atoms. The standard InChI is InChI=1S/C23H31N3O5/c1-5-29-21-12-17(8-11-20(21)31-14-23(3,4)28)19(13-30-15(2)27)26-18-9-6-16(7-10-18)22(24)25/h6-12,19,26,28H,5,13-14H2,1-4H3,(H3,24,25). The van der Waals surface area contributed by atoms with E-state index in [9.17, 15) is 9.90 Å². The number of anilines is 1. The molecule has 1 unspecified atom stereocenters. The molecule has 0 aliphatic heterocycles. The fraction of sp³-hybridized carbons (Fsp3) is 0.391. The number of aliphatic hydroxyl groups is 1. The molecular weight excluding hydrogens is 398 g/mol. The Morgan fingerprint density at radius 3 is 2.39 bits per heavy atom. The molecule has 0 saturated heterocycles. The van der Waals surface area contributed by atoms with Crippen molar-refractivity contribution in [2.45, 2.75) is 39.3 Å². The number of nitrogens with one attached hydrogen (secondary N) is 2. The van der Waals surface area contributed by atoms with Crippen molar-refractivity contribution in [3.05, 3.63) is 53.6 Å². The highest BCUT2D eigenvalue weighted by molar-refractivity contribution is 5.95. The number of ether oxygens (including phenoxy) is 3. The first-order valence-electron chi connectivity index (χ1n) is 10.1. The smallest absolute Gasteiger partial charge is 0.302 e. The molecule has 8 nitrogen and oxygen atoms in total. The van der Waals surface area contributed by atoms with Gasteiger partial charge in [0, 0.05) is 18.2 Å². The van der Waals surface area contributed by atoms with Crippen LogP contribution < -0.4 is 20.5 Å². The quantitative estimate of drug-likeness (QED) is 0.245. The van der Waals surface area contributed by atoms with Crippen LogP contribution in [0.2, 0.25) is 0 Å². The predicted molar refractivity (Wildman–Crippen MR) is 120 cm³/mol. The lowest BCUT2D eigenvalue weighted by Crippen LogP contribution is -2.28. The van der Waals surface area contributed by atoms with Gasteiger partial charge in [-0.3, -0.25) is 10.2 Å². The Bertz CT molecular complexity index is 891. The number of amidine groups is 1. The van der Waals surface area contributed by atoms with Crippen molar-refractivity contribution in [2.75, 3.05) is 25.1 Å². The van der Waals surface area contributed by atoms with Gasteiger partial charge in [-0.1, -0.05) is 6.07 Å². The van der Waals surface area contributed by atoms with Crippen LogP contribution in [-0.4, -0.2) is 42.3 Å². The molecule has 168 valence electrons. The van der Waals surface area contributed by atoms with Gasteiger partial charge in [0.1, 0.15) is 19.0 Å². The van der Waals surface area contributed by atoms with Crippen LogP contribution in [0, 0.1) is 5.41 Å². The first-order chi connectivity index (χ1) is 14.6. The molecule has 0 saturated carbocycles. The van der Waals surface area contributed by atoms with Gasteiger partial charge in [-0.15, -0.1) is 0 Å². The number of nitrogen functional groups attached to an aromatic ring is 1. The highest BCUT2D eigenvalue weighted by Crippen LogP contribution is 2.32. The molecule has 0 radical (unpaired) electrons. The third-order valence-corrected chi connectivity index (χ3v) is 4.24. The van der Waals surface area contributed by atoms with Crippen LogP contribution in [0.3, 0.4) is 0 Å². The number of nitrogens with two attached hydrogens (primary N) is 1. The van der Waals surface area contributed by atoms with Gasteiger partial charge in [-0.2, -0.15) is 0 Å². The third-order valence-electron chi connectivity index (χ3n) is 4.24. The molecule has 0 heterocycles. The van der Waals surface area contributed by atoms with Crippen LogP contribution in [0.25, 0.3) is 0 Å². The summed E-state index contributed by atoms with van der Waals surface area (Å²) in [6.07, 6.45) is 0. The van der Waals surface area contributed by atoms with Gasteiger partial charge in [0.25, 0.3) is 0 Å². The minimum atomic E-state index is -0.979. The lowest BCUT2D eigenvalue weighted by molar-refractivity contribution is -0.141. The Balaban J connectivity index is 2.29. The fourth-order valence-corrected chi connectivity index (χ4v) is 2.75. The second-order valence-electron chi connectivity index (χ2n) is 7.73. The van der Waals surface area contributed by atoms with E-state index in [1.807, 2.05) is 31.2 Å². The maximum atomic E-state index is 11.4. The molecule has 2 rings (SSSR count). The number of esters is 1. The number of carbonyl (C=O) groups is 1. The summed E-state index contributed by atoms with van der Waals surface area (Å²) in [7, 11) is 0. The average molecular weight is 430 g/mol. The first kappa shape index (κ1) is 24.0. The maximum Gasteiger partial charge on any atom is 0.302 e. The van der Waals surface area contributed by atoms with Crippen molar-refractivity contribution in [3.8, 4) is 11.5 Å². The summed E-state index contributed by atoms with van der Waals surface area (Å²) in [5.41, 5.74) is 6.76. The Kier molecular flexibility index (Phi) is 8.27. The summed E-state index contributed by atoms with van der Waals surface area (Å²) >= 11 is 0. The molecule has 2 aromatic rings. The summed E-state index contributed by atoms with van der Waals surface area (Å²) in [6, 6.07) is 12.2. The number of carbonyl (C=O) groups excluding carboxylic acids is 1. The molecule has 0 aliphatic carbocycles. The summed E-state index contributed by atoms with van der Waals surface area (Å²) in [5, 5.41) is 20.8. The van der Waals surface area contributed by atoms with Gasteiger partial charge >= 0.3 is 5.97 Å². The van der Waals surface area contributed by atoms with E-state index < -0.39 is 5.60 Å². The van der Waals surface area contributed by atoms with Crippen molar-refractivity contribution in [2.24, 2.45) is 5.73 Å². The topological polar surface area (TPSA) is 127 Å². The summed E-state index contributed by atoms with van der Waals surface area (Å²) in [4.78, 5) is 11.4. The summed E-state index contributed by atoms with van der Waals surface area (Å²) < 4.78 is 16.7. The molecule has 31 heavy (non-hydrogen) atoms. The molecule has 8 heteroatoms. The van der Waals surface area contributed by atoms with Crippen LogP contribution in [0.15, 0.2) is 42.5 Å². The summed E-state index contributed by atoms with van der Waals surface area (Å²) in [6.45, 7) is 7.23. The normalized spacial score (nSPS) is 12.0. The van der Waals surface area contributed by atoms with Crippen molar-refractivity contribution < 1.29 is 24.1 Å². The average Bonchev–Trinajstić information content (AvgIpc) is 2.70. The highest BCUT2D eigenvalue weighted by atomic mass is 16.5. The SMILES string of the molecule is CCOc1cc(C(COC(C)=O)Nc2ccc(C(=N)N)cc2)ccc1OCC(C)(C)O. The Morgan fingerprint density at radius 1 is 1.16 bits per heavy atom. The summed E-state index contributed by atoms with van der Waals surface area (Å²) in [5.74, 6) is 0.662. The molecule has 0 bridgehead atoms. The maximum absolute atomic E-state index is 11.4. The number of benzene rings is 2. The van der Waals surface area contributed by atoms with Crippen molar-refractivity contribution >= 4 is 17.5 Å². The Morgan fingerprint density at radius 2 is 1.84 bits per heavy atom. The lowest BCUT2D eigenvalue weighted by Gasteiger charge is -2.23. The number of hydrogen-bond acceptors (Lipinski definition) is 7. The second kappa shape index (κ2) is 10.7. The van der Waals surface area contributed by atoms with Crippen molar-refractivity contribution in [1.82, 2.24) is 0 Å². The van der Waals surface area contributed by atoms with Crippen LogP contribution in [0.5, 0.6) is 11.5 Å². The van der Waals surface area contributed by atoms with E-state index in [2.05, 4.69) is 5.32 Å². The van der Waals surface area contributed by atoms with Crippen LogP contribution >= 0.6 is 0 Å². The van der Waals surface area contributed by atoms with Gasteiger partial charge < -0.3 is 30.4 Å². The van der Waals surface area contributed by atoms with Gasteiger partial charge in [0.15, 0.2) is 11.5 Å². The second-order valence-corrected chi connectivity index (χ2v) is 7.73. The molecule has 0 aliphatic rings. The minimum absolute atomic E-state index is 0.00832. The van der Waals surface area contributed by atoms with Crippen LogP contribution in [0.4, 0.5) is 5.69 Å². The van der Waals surface area contributed by atoms with Gasteiger partial charge in [-0.05, 0) is 62.7 Å². The Labute approximate surface area is 182 Å². The molecule has 5 N–H and O–H groups in total.